The van der Waals surface area contributed by atoms with E-state index in [-0.39, 0.29) is 22.8 Å². The highest BCUT2D eigenvalue weighted by Gasteiger charge is 2.51. The summed E-state index contributed by atoms with van der Waals surface area (Å²) in [6.45, 7) is 16.7. The summed E-state index contributed by atoms with van der Waals surface area (Å²) in [7, 11) is -2.12. The highest BCUT2D eigenvalue weighted by Crippen LogP contribution is 2.49. The van der Waals surface area contributed by atoms with Gasteiger partial charge in [-0.3, -0.25) is 0 Å². The number of carboxylic acids is 1. The first-order valence-corrected chi connectivity index (χ1v) is 13.3. The van der Waals surface area contributed by atoms with Crippen LogP contribution in [0.1, 0.15) is 54.4 Å². The molecule has 1 aliphatic carbocycles. The molecule has 0 radical (unpaired) electrons. The number of hydrogen-bond donors (Lipinski definition) is 2. The minimum absolute atomic E-state index is 0.00547. The first-order chi connectivity index (χ1) is 13.1. The van der Waals surface area contributed by atoms with Crippen molar-refractivity contribution in [3.63, 3.8) is 0 Å². The van der Waals surface area contributed by atoms with Crippen molar-refractivity contribution in [3.05, 3.63) is 11.8 Å². The highest BCUT2D eigenvalue weighted by atomic mass is 28.4. The zero-order valence-electron chi connectivity index (χ0n) is 19.0. The Morgan fingerprint density at radius 3 is 2.34 bits per heavy atom. The number of hydrogen-bond acceptors (Lipinski definition) is 5. The Balaban J connectivity index is 2.18. The Labute approximate surface area is 175 Å². The summed E-state index contributed by atoms with van der Waals surface area (Å²) < 4.78 is 17.7. The van der Waals surface area contributed by atoms with Crippen molar-refractivity contribution in [2.24, 2.45) is 17.8 Å². The van der Waals surface area contributed by atoms with Crippen molar-refractivity contribution >= 4 is 20.4 Å². The largest absolute Gasteiger partial charge is 0.478 e. The second kappa shape index (κ2) is 8.30. The molecule has 0 aromatic carbocycles. The average molecular weight is 428 g/mol. The highest BCUT2D eigenvalue weighted by molar-refractivity contribution is 6.74. The van der Waals surface area contributed by atoms with E-state index < -0.39 is 32.3 Å². The van der Waals surface area contributed by atoms with Gasteiger partial charge >= 0.3 is 12.1 Å². The van der Waals surface area contributed by atoms with Gasteiger partial charge in [0.15, 0.2) is 14.6 Å². The SMILES string of the molecule is CC(C)(C)OC(=O)NCC1CCC2C(C(=O)O)=COC(O[Si](C)(C)C(C)(C)C)C12. The van der Waals surface area contributed by atoms with Crippen LogP contribution < -0.4 is 5.32 Å². The maximum Gasteiger partial charge on any atom is 0.407 e. The van der Waals surface area contributed by atoms with Crippen LogP contribution in [-0.2, 0) is 18.7 Å². The van der Waals surface area contributed by atoms with Crippen molar-refractivity contribution in [3.8, 4) is 0 Å². The lowest BCUT2D eigenvalue weighted by molar-refractivity contribution is -0.139. The zero-order chi connectivity index (χ0) is 22.2. The van der Waals surface area contributed by atoms with E-state index in [1.807, 2.05) is 20.8 Å². The van der Waals surface area contributed by atoms with Crippen LogP contribution in [0.3, 0.4) is 0 Å². The van der Waals surface area contributed by atoms with Crippen molar-refractivity contribution in [2.75, 3.05) is 6.54 Å². The van der Waals surface area contributed by atoms with Gasteiger partial charge in [0.25, 0.3) is 0 Å². The number of nitrogens with one attached hydrogen (secondary N) is 1. The average Bonchev–Trinajstić information content (AvgIpc) is 2.94. The molecular formula is C21H37NO6Si. The third-order valence-corrected chi connectivity index (χ3v) is 10.7. The lowest BCUT2D eigenvalue weighted by Gasteiger charge is -2.43. The maximum atomic E-state index is 12.1. The van der Waals surface area contributed by atoms with E-state index in [0.29, 0.717) is 12.1 Å². The number of alkyl carbamates (subject to hydrolysis) is 1. The number of carboxylic acid groups (broad SMARTS) is 1. The van der Waals surface area contributed by atoms with Gasteiger partial charge in [0.1, 0.15) is 5.60 Å². The Hall–Kier alpha value is -1.54. The predicted molar refractivity (Wildman–Crippen MR) is 113 cm³/mol. The molecule has 1 saturated carbocycles. The van der Waals surface area contributed by atoms with E-state index in [2.05, 4.69) is 39.2 Å². The first-order valence-electron chi connectivity index (χ1n) is 10.4. The van der Waals surface area contributed by atoms with Gasteiger partial charge in [-0.05, 0) is 57.7 Å². The molecule has 7 nitrogen and oxygen atoms in total. The number of ether oxygens (including phenoxy) is 2. The molecule has 1 heterocycles. The van der Waals surface area contributed by atoms with Gasteiger partial charge in [0, 0.05) is 18.4 Å². The summed E-state index contributed by atoms with van der Waals surface area (Å²) in [5.74, 6) is -1.14. The second-order valence-electron chi connectivity index (χ2n) is 10.7. The number of amides is 1. The van der Waals surface area contributed by atoms with Crippen LogP contribution in [0.25, 0.3) is 0 Å². The summed E-state index contributed by atoms with van der Waals surface area (Å²) in [5.41, 5.74) is -0.270. The van der Waals surface area contributed by atoms with Crippen molar-refractivity contribution in [2.45, 2.75) is 84.4 Å². The van der Waals surface area contributed by atoms with Crippen LogP contribution in [0, 0.1) is 17.8 Å². The van der Waals surface area contributed by atoms with Crippen LogP contribution in [0.15, 0.2) is 11.8 Å². The molecule has 2 N–H and O–H groups in total. The molecule has 2 aliphatic rings. The molecule has 29 heavy (non-hydrogen) atoms. The second-order valence-corrected chi connectivity index (χ2v) is 15.4. The topological polar surface area (TPSA) is 94.1 Å². The van der Waals surface area contributed by atoms with Gasteiger partial charge in [0.05, 0.1) is 11.8 Å². The van der Waals surface area contributed by atoms with Gasteiger partial charge in [-0.15, -0.1) is 0 Å². The fraction of sp³-hybridized carbons (Fsp3) is 0.810. The van der Waals surface area contributed by atoms with Crippen LogP contribution in [0.2, 0.25) is 18.1 Å². The normalized spacial score (nSPS) is 27.5. The first kappa shape index (κ1) is 23.7. The molecule has 4 unspecified atom stereocenters. The van der Waals surface area contributed by atoms with Gasteiger partial charge in [-0.25, -0.2) is 9.59 Å². The molecule has 4 atom stereocenters. The number of carbonyl (C=O) groups is 2. The Bertz CT molecular complexity index is 661. The van der Waals surface area contributed by atoms with Gasteiger partial charge in [-0.2, -0.15) is 0 Å². The molecule has 8 heteroatoms. The van der Waals surface area contributed by atoms with Crippen molar-refractivity contribution in [1.82, 2.24) is 5.32 Å². The fourth-order valence-corrected chi connectivity index (χ4v) is 4.90. The van der Waals surface area contributed by atoms with Gasteiger partial charge < -0.3 is 24.3 Å². The maximum absolute atomic E-state index is 12.1. The predicted octanol–water partition coefficient (Wildman–Crippen LogP) is 4.50. The van der Waals surface area contributed by atoms with E-state index >= 15 is 0 Å². The number of fused-ring (bicyclic) bond motifs is 1. The van der Waals surface area contributed by atoms with E-state index in [1.165, 1.54) is 6.26 Å². The number of rotatable bonds is 5. The number of carbonyl (C=O) groups excluding carboxylic acids is 1. The van der Waals surface area contributed by atoms with E-state index in [0.717, 1.165) is 12.8 Å². The molecule has 1 aliphatic heterocycles. The van der Waals surface area contributed by atoms with E-state index in [1.54, 1.807) is 0 Å². The van der Waals surface area contributed by atoms with E-state index in [9.17, 15) is 14.7 Å². The molecule has 0 bridgehead atoms. The minimum atomic E-state index is -2.12. The zero-order valence-corrected chi connectivity index (χ0v) is 20.0. The molecule has 0 aromatic heterocycles. The summed E-state index contributed by atoms with van der Waals surface area (Å²) in [6.07, 6.45) is 1.94. The minimum Gasteiger partial charge on any atom is -0.478 e. The number of aliphatic carboxylic acids is 1. The third-order valence-electron chi connectivity index (χ3n) is 6.27. The molecule has 2 rings (SSSR count). The molecule has 0 aromatic rings. The summed E-state index contributed by atoms with van der Waals surface area (Å²) in [6, 6.07) is 0. The summed E-state index contributed by atoms with van der Waals surface area (Å²) in [5, 5.41) is 12.4. The molecule has 0 saturated heterocycles. The molecule has 0 spiro atoms. The van der Waals surface area contributed by atoms with Gasteiger partial charge in [-0.1, -0.05) is 20.8 Å². The van der Waals surface area contributed by atoms with Crippen LogP contribution in [0.5, 0.6) is 0 Å². The Kier molecular flexibility index (Phi) is 6.79. The standard InChI is InChI=1S/C21H37NO6Si/c1-20(2,3)27-19(25)22-11-13-9-10-14-15(17(23)24)12-26-18(16(13)14)28-29(7,8)21(4,5)6/h12-14,16,18H,9-11H2,1-8H3,(H,22,25)(H,23,24). The van der Waals surface area contributed by atoms with E-state index in [4.69, 9.17) is 13.9 Å². The fourth-order valence-electron chi connectivity index (χ4n) is 3.75. The molecule has 166 valence electrons. The molecular weight excluding hydrogens is 390 g/mol. The summed E-state index contributed by atoms with van der Waals surface area (Å²) in [4.78, 5) is 23.8. The quantitative estimate of drug-likeness (QED) is 0.627. The van der Waals surface area contributed by atoms with Crippen molar-refractivity contribution in [1.29, 1.82) is 0 Å². The molecule has 1 fully saturated rings. The van der Waals surface area contributed by atoms with Crippen LogP contribution >= 0.6 is 0 Å². The van der Waals surface area contributed by atoms with Crippen LogP contribution in [-0.4, -0.2) is 43.9 Å². The Morgan fingerprint density at radius 1 is 1.21 bits per heavy atom. The Morgan fingerprint density at radius 2 is 1.83 bits per heavy atom. The monoisotopic (exact) mass is 427 g/mol. The summed E-state index contributed by atoms with van der Waals surface area (Å²) >= 11 is 0. The lowest BCUT2D eigenvalue weighted by Crippen LogP contribution is -2.50. The third kappa shape index (κ3) is 5.75. The van der Waals surface area contributed by atoms with Crippen molar-refractivity contribution < 1.29 is 28.6 Å². The van der Waals surface area contributed by atoms with Crippen LogP contribution in [0.4, 0.5) is 4.79 Å². The van der Waals surface area contributed by atoms with Gasteiger partial charge in [0.2, 0.25) is 0 Å². The molecule has 1 amide bonds. The lowest BCUT2D eigenvalue weighted by atomic mass is 9.83. The smallest absolute Gasteiger partial charge is 0.407 e.